The Bertz CT molecular complexity index is 361. The molecule has 0 atom stereocenters. The minimum Gasteiger partial charge on any atom is -0.461 e. The second-order valence-electron chi connectivity index (χ2n) is 5.58. The first-order valence-corrected chi connectivity index (χ1v) is 7.31. The standard InChI is InChI=1S/C15H25NO5/c1-4-13(17)20-10-7-16-14(18)21-15(11-12(2)3)5-8-19-9-6-15/h4,12H,1,5-11H2,2-3H3,(H,16,18). The quantitative estimate of drug-likeness (QED) is 0.442. The van der Waals surface area contributed by atoms with E-state index in [1.807, 2.05) is 0 Å². The maximum absolute atomic E-state index is 11.9. The lowest BCUT2D eigenvalue weighted by Gasteiger charge is -2.37. The van der Waals surface area contributed by atoms with Crippen molar-refractivity contribution in [3.63, 3.8) is 0 Å². The van der Waals surface area contributed by atoms with Crippen molar-refractivity contribution < 1.29 is 23.8 Å². The molecular formula is C15H25NO5. The molecular weight excluding hydrogens is 274 g/mol. The zero-order valence-electron chi connectivity index (χ0n) is 12.9. The monoisotopic (exact) mass is 299 g/mol. The Morgan fingerprint density at radius 1 is 1.38 bits per heavy atom. The predicted octanol–water partition coefficient (Wildman–Crippen LogP) is 2.04. The Labute approximate surface area is 125 Å². The van der Waals surface area contributed by atoms with Crippen LogP contribution in [0, 0.1) is 5.92 Å². The number of rotatable bonds is 7. The zero-order valence-corrected chi connectivity index (χ0v) is 12.9. The van der Waals surface area contributed by atoms with E-state index in [1.54, 1.807) is 0 Å². The van der Waals surface area contributed by atoms with Gasteiger partial charge in [-0.1, -0.05) is 20.4 Å². The number of esters is 1. The van der Waals surface area contributed by atoms with Gasteiger partial charge < -0.3 is 19.5 Å². The van der Waals surface area contributed by atoms with Gasteiger partial charge in [-0.2, -0.15) is 0 Å². The van der Waals surface area contributed by atoms with E-state index >= 15 is 0 Å². The normalized spacial score (nSPS) is 17.1. The Morgan fingerprint density at radius 2 is 2.05 bits per heavy atom. The topological polar surface area (TPSA) is 73.9 Å². The Morgan fingerprint density at radius 3 is 2.62 bits per heavy atom. The van der Waals surface area contributed by atoms with E-state index in [2.05, 4.69) is 25.7 Å². The fourth-order valence-corrected chi connectivity index (χ4v) is 2.43. The lowest BCUT2D eigenvalue weighted by atomic mass is 9.85. The summed E-state index contributed by atoms with van der Waals surface area (Å²) < 4.78 is 15.8. The average Bonchev–Trinajstić information content (AvgIpc) is 2.43. The highest BCUT2D eigenvalue weighted by atomic mass is 16.6. The van der Waals surface area contributed by atoms with Crippen LogP contribution >= 0.6 is 0 Å². The highest BCUT2D eigenvalue weighted by molar-refractivity contribution is 5.81. The van der Waals surface area contributed by atoms with Gasteiger partial charge in [0.05, 0.1) is 19.8 Å². The minimum atomic E-state index is -0.508. The van der Waals surface area contributed by atoms with E-state index in [-0.39, 0.29) is 13.2 Å². The van der Waals surface area contributed by atoms with Crippen LogP contribution in [0.1, 0.15) is 33.1 Å². The smallest absolute Gasteiger partial charge is 0.407 e. The highest BCUT2D eigenvalue weighted by Crippen LogP contribution is 2.32. The van der Waals surface area contributed by atoms with Gasteiger partial charge in [0.1, 0.15) is 12.2 Å². The zero-order chi connectivity index (χ0) is 15.7. The van der Waals surface area contributed by atoms with E-state index < -0.39 is 17.7 Å². The van der Waals surface area contributed by atoms with Gasteiger partial charge in [0.15, 0.2) is 0 Å². The lowest BCUT2D eigenvalue weighted by Crippen LogP contribution is -2.45. The lowest BCUT2D eigenvalue weighted by molar-refractivity contribution is -0.137. The number of alkyl carbamates (subject to hydrolysis) is 1. The fourth-order valence-electron chi connectivity index (χ4n) is 2.43. The molecule has 1 aliphatic rings. The van der Waals surface area contributed by atoms with Crippen molar-refractivity contribution >= 4 is 12.1 Å². The van der Waals surface area contributed by atoms with Crippen LogP contribution in [0.5, 0.6) is 0 Å². The molecule has 6 heteroatoms. The third kappa shape index (κ3) is 6.62. The fraction of sp³-hybridized carbons (Fsp3) is 0.733. The van der Waals surface area contributed by atoms with E-state index in [4.69, 9.17) is 14.2 Å². The van der Waals surface area contributed by atoms with Gasteiger partial charge in [0, 0.05) is 18.9 Å². The van der Waals surface area contributed by atoms with Crippen LogP contribution in [-0.2, 0) is 19.0 Å². The van der Waals surface area contributed by atoms with Crippen molar-refractivity contribution in [3.05, 3.63) is 12.7 Å². The third-order valence-electron chi connectivity index (χ3n) is 3.28. The first-order valence-electron chi connectivity index (χ1n) is 7.31. The molecule has 1 N–H and O–H groups in total. The molecule has 1 heterocycles. The summed E-state index contributed by atoms with van der Waals surface area (Å²) in [5.41, 5.74) is -0.450. The van der Waals surface area contributed by atoms with Gasteiger partial charge in [-0.15, -0.1) is 0 Å². The van der Waals surface area contributed by atoms with Crippen LogP contribution in [0.25, 0.3) is 0 Å². The molecule has 0 aliphatic carbocycles. The van der Waals surface area contributed by atoms with Crippen molar-refractivity contribution in [2.45, 2.75) is 38.7 Å². The van der Waals surface area contributed by atoms with Gasteiger partial charge in [0.2, 0.25) is 0 Å². The number of hydrogen-bond acceptors (Lipinski definition) is 5. The molecule has 0 unspecified atom stereocenters. The summed E-state index contributed by atoms with van der Waals surface area (Å²) in [6.45, 7) is 9.03. The highest BCUT2D eigenvalue weighted by Gasteiger charge is 2.37. The van der Waals surface area contributed by atoms with Crippen molar-refractivity contribution in [2.75, 3.05) is 26.4 Å². The first-order chi connectivity index (χ1) is 9.97. The van der Waals surface area contributed by atoms with Gasteiger partial charge in [-0.3, -0.25) is 0 Å². The summed E-state index contributed by atoms with van der Waals surface area (Å²) >= 11 is 0. The molecule has 1 rings (SSSR count). The molecule has 0 radical (unpaired) electrons. The predicted molar refractivity (Wildman–Crippen MR) is 77.9 cm³/mol. The molecule has 21 heavy (non-hydrogen) atoms. The van der Waals surface area contributed by atoms with E-state index in [0.29, 0.717) is 32.0 Å². The van der Waals surface area contributed by atoms with Crippen LogP contribution in [0.2, 0.25) is 0 Å². The molecule has 0 aromatic carbocycles. The molecule has 0 aromatic heterocycles. The molecule has 1 fully saturated rings. The summed E-state index contributed by atoms with van der Waals surface area (Å²) in [6.07, 6.45) is 2.84. The maximum atomic E-state index is 11.9. The van der Waals surface area contributed by atoms with Gasteiger partial charge in [-0.25, -0.2) is 9.59 Å². The van der Waals surface area contributed by atoms with Crippen molar-refractivity contribution in [1.82, 2.24) is 5.32 Å². The Hall–Kier alpha value is -1.56. The third-order valence-corrected chi connectivity index (χ3v) is 3.28. The van der Waals surface area contributed by atoms with Crippen LogP contribution < -0.4 is 5.32 Å². The summed E-state index contributed by atoms with van der Waals surface area (Å²) in [7, 11) is 0. The molecule has 1 aliphatic heterocycles. The van der Waals surface area contributed by atoms with Gasteiger partial charge in [-0.05, 0) is 12.3 Å². The van der Waals surface area contributed by atoms with Crippen LogP contribution in [-0.4, -0.2) is 44.0 Å². The summed E-state index contributed by atoms with van der Waals surface area (Å²) in [6, 6.07) is 0. The van der Waals surface area contributed by atoms with E-state index in [0.717, 1.165) is 12.5 Å². The second kappa shape index (κ2) is 8.67. The van der Waals surface area contributed by atoms with Crippen molar-refractivity contribution in [2.24, 2.45) is 5.92 Å². The summed E-state index contributed by atoms with van der Waals surface area (Å²) in [5.74, 6) is -0.0738. The molecule has 0 aromatic rings. The number of carbonyl (C=O) groups excluding carboxylic acids is 2. The largest absolute Gasteiger partial charge is 0.461 e. The van der Waals surface area contributed by atoms with Crippen molar-refractivity contribution in [1.29, 1.82) is 0 Å². The minimum absolute atomic E-state index is 0.0975. The number of carbonyl (C=O) groups is 2. The van der Waals surface area contributed by atoms with Crippen LogP contribution in [0.3, 0.4) is 0 Å². The summed E-state index contributed by atoms with van der Waals surface area (Å²) in [5, 5.41) is 2.59. The molecule has 0 bridgehead atoms. The molecule has 6 nitrogen and oxygen atoms in total. The number of amides is 1. The number of nitrogens with one attached hydrogen (secondary N) is 1. The van der Waals surface area contributed by atoms with E-state index in [1.165, 1.54) is 0 Å². The summed E-state index contributed by atoms with van der Waals surface area (Å²) in [4.78, 5) is 22.7. The van der Waals surface area contributed by atoms with Gasteiger partial charge in [0.25, 0.3) is 0 Å². The van der Waals surface area contributed by atoms with Crippen LogP contribution in [0.15, 0.2) is 12.7 Å². The Kier molecular flexibility index (Phi) is 7.22. The second-order valence-corrected chi connectivity index (χ2v) is 5.58. The van der Waals surface area contributed by atoms with Crippen molar-refractivity contribution in [3.8, 4) is 0 Å². The molecule has 0 saturated carbocycles. The molecule has 120 valence electrons. The van der Waals surface area contributed by atoms with E-state index in [9.17, 15) is 9.59 Å². The molecule has 0 spiro atoms. The number of hydrogen-bond donors (Lipinski definition) is 1. The average molecular weight is 299 g/mol. The molecule has 1 amide bonds. The first kappa shape index (κ1) is 17.5. The van der Waals surface area contributed by atoms with Gasteiger partial charge >= 0.3 is 12.1 Å². The SMILES string of the molecule is C=CC(=O)OCCNC(=O)OC1(CC(C)C)CCOCC1. The number of ether oxygens (including phenoxy) is 3. The molecule has 1 saturated heterocycles. The Balaban J connectivity index is 2.38. The van der Waals surface area contributed by atoms with Crippen LogP contribution in [0.4, 0.5) is 4.79 Å². The maximum Gasteiger partial charge on any atom is 0.407 e.